The van der Waals surface area contributed by atoms with Gasteiger partial charge >= 0.3 is 0 Å². The maximum atomic E-state index is 13.9. The molecule has 1 aliphatic heterocycles. The van der Waals surface area contributed by atoms with Gasteiger partial charge in [-0.1, -0.05) is 12.1 Å². The van der Waals surface area contributed by atoms with Crippen LogP contribution in [0.1, 0.15) is 26.2 Å². The number of hydrogen-bond donors (Lipinski definition) is 3. The van der Waals surface area contributed by atoms with Crippen LogP contribution < -0.4 is 10.6 Å². The van der Waals surface area contributed by atoms with Crippen molar-refractivity contribution in [3.05, 3.63) is 60.4 Å². The van der Waals surface area contributed by atoms with Crippen LogP contribution in [0.15, 0.2) is 54.6 Å². The Morgan fingerprint density at radius 3 is 2.64 bits per heavy atom. The maximum Gasteiger partial charge on any atom is 0.221 e. The predicted molar refractivity (Wildman–Crippen MR) is 130 cm³/mol. The molecule has 1 aromatic heterocycles. The SMILES string of the molecule is CC(=O)Nc1ccc(-c2cc(NCCC3CCCN3C)nc(-c3cc(F)ccc3O)c2)cc1. The second-order valence-corrected chi connectivity index (χ2v) is 8.54. The van der Waals surface area contributed by atoms with Gasteiger partial charge in [0.25, 0.3) is 0 Å². The molecule has 1 atom stereocenters. The molecule has 0 saturated carbocycles. The lowest BCUT2D eigenvalue weighted by Gasteiger charge is -2.19. The molecule has 6 nitrogen and oxygen atoms in total. The molecule has 2 aromatic carbocycles. The van der Waals surface area contributed by atoms with Gasteiger partial charge in [-0.25, -0.2) is 9.37 Å². The second-order valence-electron chi connectivity index (χ2n) is 8.54. The minimum absolute atomic E-state index is 0.0272. The summed E-state index contributed by atoms with van der Waals surface area (Å²) >= 11 is 0. The average molecular weight is 449 g/mol. The molecule has 2 heterocycles. The molecule has 0 spiro atoms. The number of benzene rings is 2. The normalized spacial score (nSPS) is 16.0. The highest BCUT2D eigenvalue weighted by Gasteiger charge is 2.20. The third kappa shape index (κ3) is 5.68. The van der Waals surface area contributed by atoms with E-state index < -0.39 is 5.82 Å². The average Bonchev–Trinajstić information content (AvgIpc) is 3.20. The van der Waals surface area contributed by atoms with Crippen molar-refractivity contribution in [3.63, 3.8) is 0 Å². The van der Waals surface area contributed by atoms with Gasteiger partial charge in [-0.15, -0.1) is 0 Å². The molecule has 33 heavy (non-hydrogen) atoms. The number of aromatic nitrogens is 1. The molecule has 3 aromatic rings. The van der Waals surface area contributed by atoms with Crippen LogP contribution in [0.25, 0.3) is 22.4 Å². The molecular weight excluding hydrogens is 419 g/mol. The van der Waals surface area contributed by atoms with Gasteiger partial charge in [0.2, 0.25) is 5.91 Å². The molecule has 1 unspecified atom stereocenters. The number of amides is 1. The number of halogens is 1. The first-order chi connectivity index (χ1) is 15.9. The van der Waals surface area contributed by atoms with Gasteiger partial charge in [-0.3, -0.25) is 4.79 Å². The van der Waals surface area contributed by atoms with Gasteiger partial charge in [0.05, 0.1) is 5.69 Å². The first kappa shape index (κ1) is 22.7. The standard InChI is InChI=1S/C26H29FN4O2/c1-17(32)29-21-8-5-18(6-9-21)19-14-24(23-16-20(27)7-10-25(23)33)30-26(15-19)28-12-11-22-4-3-13-31(22)2/h5-10,14-16,22,33H,3-4,11-13H2,1-2H3,(H,28,30)(H,29,32). The van der Waals surface area contributed by atoms with E-state index >= 15 is 0 Å². The smallest absolute Gasteiger partial charge is 0.221 e. The summed E-state index contributed by atoms with van der Waals surface area (Å²) in [4.78, 5) is 18.4. The lowest BCUT2D eigenvalue weighted by atomic mass is 10.0. The number of phenols is 1. The Morgan fingerprint density at radius 1 is 1.15 bits per heavy atom. The molecule has 1 saturated heterocycles. The zero-order valence-electron chi connectivity index (χ0n) is 18.9. The van der Waals surface area contributed by atoms with E-state index in [0.29, 0.717) is 28.8 Å². The first-order valence-electron chi connectivity index (χ1n) is 11.2. The van der Waals surface area contributed by atoms with Crippen molar-refractivity contribution in [2.24, 2.45) is 0 Å². The summed E-state index contributed by atoms with van der Waals surface area (Å²) in [7, 11) is 2.16. The largest absolute Gasteiger partial charge is 0.507 e. The Labute approximate surface area is 193 Å². The number of nitrogens with one attached hydrogen (secondary N) is 2. The minimum atomic E-state index is -0.437. The van der Waals surface area contributed by atoms with Gasteiger partial charge in [0.15, 0.2) is 0 Å². The van der Waals surface area contributed by atoms with Crippen molar-refractivity contribution in [1.82, 2.24) is 9.88 Å². The summed E-state index contributed by atoms with van der Waals surface area (Å²) in [6, 6.07) is 15.7. The Kier molecular flexibility index (Phi) is 6.89. The van der Waals surface area contributed by atoms with Crippen molar-refractivity contribution in [2.45, 2.75) is 32.2 Å². The summed E-state index contributed by atoms with van der Waals surface area (Å²) in [5, 5.41) is 16.5. The highest BCUT2D eigenvalue weighted by Crippen LogP contribution is 2.33. The number of phenolic OH excluding ortho intramolecular Hbond substituents is 1. The van der Waals surface area contributed by atoms with Gasteiger partial charge in [0.1, 0.15) is 17.4 Å². The monoisotopic (exact) mass is 448 g/mol. The van der Waals surface area contributed by atoms with E-state index in [1.807, 2.05) is 36.4 Å². The van der Waals surface area contributed by atoms with Crippen molar-refractivity contribution >= 4 is 17.4 Å². The van der Waals surface area contributed by atoms with Crippen LogP contribution in [0.3, 0.4) is 0 Å². The Bertz CT molecular complexity index is 1130. The van der Waals surface area contributed by atoms with Crippen LogP contribution in [0.4, 0.5) is 15.9 Å². The summed E-state index contributed by atoms with van der Waals surface area (Å²) in [6.07, 6.45) is 3.44. The Balaban J connectivity index is 1.64. The molecule has 3 N–H and O–H groups in total. The van der Waals surface area contributed by atoms with E-state index in [-0.39, 0.29) is 11.7 Å². The Hall–Kier alpha value is -3.45. The summed E-state index contributed by atoms with van der Waals surface area (Å²) < 4.78 is 13.9. The van der Waals surface area contributed by atoms with Crippen molar-refractivity contribution in [3.8, 4) is 28.1 Å². The lowest BCUT2D eigenvalue weighted by Crippen LogP contribution is -2.27. The number of rotatable bonds is 7. The molecule has 4 rings (SSSR count). The number of aromatic hydroxyl groups is 1. The quantitative estimate of drug-likeness (QED) is 0.468. The number of pyridine rings is 1. The van der Waals surface area contributed by atoms with Crippen molar-refractivity contribution < 1.29 is 14.3 Å². The third-order valence-electron chi connectivity index (χ3n) is 6.05. The minimum Gasteiger partial charge on any atom is -0.507 e. The zero-order chi connectivity index (χ0) is 23.4. The van der Waals surface area contributed by atoms with Crippen LogP contribution in [0.2, 0.25) is 0 Å². The van der Waals surface area contributed by atoms with E-state index in [2.05, 4.69) is 27.6 Å². The molecule has 1 amide bonds. The van der Waals surface area contributed by atoms with Crippen LogP contribution in [-0.4, -0.2) is 47.1 Å². The molecule has 172 valence electrons. The van der Waals surface area contributed by atoms with Crippen molar-refractivity contribution in [1.29, 1.82) is 0 Å². The number of nitrogens with zero attached hydrogens (tertiary/aromatic N) is 2. The highest BCUT2D eigenvalue weighted by molar-refractivity contribution is 5.89. The topological polar surface area (TPSA) is 77.5 Å². The molecule has 1 aliphatic rings. The van der Waals surface area contributed by atoms with E-state index in [4.69, 9.17) is 0 Å². The number of carbonyl (C=O) groups excluding carboxylic acids is 1. The molecular formula is C26H29FN4O2. The van der Waals surface area contributed by atoms with Crippen LogP contribution in [0.5, 0.6) is 5.75 Å². The van der Waals surface area contributed by atoms with E-state index in [1.165, 1.54) is 38.0 Å². The van der Waals surface area contributed by atoms with E-state index in [1.54, 1.807) is 0 Å². The highest BCUT2D eigenvalue weighted by atomic mass is 19.1. The van der Waals surface area contributed by atoms with Gasteiger partial charge in [-0.2, -0.15) is 0 Å². The fraction of sp³-hybridized carbons (Fsp3) is 0.308. The van der Waals surface area contributed by atoms with Crippen molar-refractivity contribution in [2.75, 3.05) is 30.8 Å². The summed E-state index contributed by atoms with van der Waals surface area (Å²) in [6.45, 7) is 3.37. The first-order valence-corrected chi connectivity index (χ1v) is 11.2. The molecule has 0 aliphatic carbocycles. The number of carbonyl (C=O) groups is 1. The van der Waals surface area contributed by atoms with Gasteiger partial charge in [-0.05, 0) is 86.4 Å². The fourth-order valence-corrected chi connectivity index (χ4v) is 4.30. The predicted octanol–water partition coefficient (Wildman–Crippen LogP) is 5.11. The number of anilines is 2. The lowest BCUT2D eigenvalue weighted by molar-refractivity contribution is -0.114. The molecule has 0 bridgehead atoms. The summed E-state index contributed by atoms with van der Waals surface area (Å²) in [5.41, 5.74) is 3.32. The maximum absolute atomic E-state index is 13.9. The third-order valence-corrected chi connectivity index (χ3v) is 6.05. The zero-order valence-corrected chi connectivity index (χ0v) is 18.9. The summed E-state index contributed by atoms with van der Waals surface area (Å²) in [5.74, 6) is 0.0710. The molecule has 0 radical (unpaired) electrons. The van der Waals surface area contributed by atoms with Crippen LogP contribution >= 0.6 is 0 Å². The number of likely N-dealkylation sites (tertiary alicyclic amines) is 1. The second kappa shape index (κ2) is 10.0. The molecule has 1 fully saturated rings. The van der Waals surface area contributed by atoms with Gasteiger partial charge < -0.3 is 20.6 Å². The van der Waals surface area contributed by atoms with Gasteiger partial charge in [0, 0.05) is 30.8 Å². The fourth-order valence-electron chi connectivity index (χ4n) is 4.30. The molecule has 7 heteroatoms. The van der Waals surface area contributed by atoms with Crippen LogP contribution in [-0.2, 0) is 4.79 Å². The van der Waals surface area contributed by atoms with E-state index in [0.717, 1.165) is 30.6 Å². The van der Waals surface area contributed by atoms with E-state index in [9.17, 15) is 14.3 Å². The van der Waals surface area contributed by atoms with Crippen LogP contribution in [0, 0.1) is 5.82 Å². The number of hydrogen-bond acceptors (Lipinski definition) is 5. The Morgan fingerprint density at radius 2 is 1.94 bits per heavy atom.